The fraction of sp³-hybridized carbons (Fsp3) is 0.409. The van der Waals surface area contributed by atoms with E-state index in [0.29, 0.717) is 6.61 Å². The molecule has 3 rings (SSSR count). The average molecular weight is 337 g/mol. The number of benzene rings is 2. The van der Waals surface area contributed by atoms with E-state index < -0.39 is 0 Å². The molecule has 3 heteroatoms. The molecule has 1 unspecified atom stereocenters. The molecule has 132 valence electrons. The van der Waals surface area contributed by atoms with Crippen molar-refractivity contribution in [3.05, 3.63) is 71.8 Å². The van der Waals surface area contributed by atoms with E-state index in [4.69, 9.17) is 4.74 Å². The summed E-state index contributed by atoms with van der Waals surface area (Å²) in [6.45, 7) is 8.86. The zero-order valence-corrected chi connectivity index (χ0v) is 15.5. The smallest absolute Gasteiger partial charge is 0.325 e. The zero-order valence-electron chi connectivity index (χ0n) is 15.5. The molecule has 1 saturated heterocycles. The third kappa shape index (κ3) is 3.62. The lowest BCUT2D eigenvalue weighted by molar-refractivity contribution is -0.143. The fourth-order valence-electron chi connectivity index (χ4n) is 3.78. The summed E-state index contributed by atoms with van der Waals surface area (Å²) in [5, 5.41) is 0. The summed E-state index contributed by atoms with van der Waals surface area (Å²) in [5.74, 6) is -0.112. The molecule has 0 N–H and O–H groups in total. The Hall–Kier alpha value is -2.13. The lowest BCUT2D eigenvalue weighted by Gasteiger charge is -2.24. The Balaban J connectivity index is 2.02. The molecule has 1 heterocycles. The van der Waals surface area contributed by atoms with Gasteiger partial charge in [0.15, 0.2) is 0 Å². The normalized spacial score (nSPS) is 22.7. The number of carbonyl (C=O) groups is 1. The van der Waals surface area contributed by atoms with Crippen molar-refractivity contribution in [1.29, 1.82) is 0 Å². The third-order valence-electron chi connectivity index (χ3n) is 4.80. The lowest BCUT2D eigenvalue weighted by Crippen LogP contribution is -2.22. The molecule has 3 atom stereocenters. The summed E-state index contributed by atoms with van der Waals surface area (Å²) >= 11 is 0. The van der Waals surface area contributed by atoms with Gasteiger partial charge in [0.1, 0.15) is 6.04 Å². The average Bonchev–Trinajstić information content (AvgIpc) is 3.33. The fourth-order valence-corrected chi connectivity index (χ4v) is 3.78. The number of esters is 1. The van der Waals surface area contributed by atoms with Crippen molar-refractivity contribution in [1.82, 2.24) is 4.90 Å². The molecular weight excluding hydrogens is 310 g/mol. The van der Waals surface area contributed by atoms with Crippen LogP contribution in [0.4, 0.5) is 0 Å². The molecular formula is C22H27NO2. The Morgan fingerprint density at radius 2 is 1.48 bits per heavy atom. The standard InChI is InChI=1S/C22H27NO2/c1-5-25-21(24)19-20(22(2,3)4)23(19)18(16-12-8-6-9-13-16)17-14-10-7-11-15-17/h6-15,18-20H,5H2,1-4H3/t19-,20+,23?/m0/s1. The summed E-state index contributed by atoms with van der Waals surface area (Å²) in [5.41, 5.74) is 2.41. The summed E-state index contributed by atoms with van der Waals surface area (Å²) in [7, 11) is 0. The number of ether oxygens (including phenoxy) is 1. The van der Waals surface area contributed by atoms with E-state index in [9.17, 15) is 4.79 Å². The van der Waals surface area contributed by atoms with Gasteiger partial charge in [0.05, 0.1) is 12.6 Å². The van der Waals surface area contributed by atoms with E-state index in [1.165, 1.54) is 11.1 Å². The number of rotatable bonds is 5. The van der Waals surface area contributed by atoms with Gasteiger partial charge in [-0.3, -0.25) is 9.69 Å². The van der Waals surface area contributed by atoms with Gasteiger partial charge in [0.25, 0.3) is 0 Å². The zero-order chi connectivity index (χ0) is 18.0. The first-order valence-corrected chi connectivity index (χ1v) is 8.99. The number of carbonyl (C=O) groups excluding carboxylic acids is 1. The van der Waals surface area contributed by atoms with Crippen molar-refractivity contribution in [2.75, 3.05) is 6.61 Å². The van der Waals surface area contributed by atoms with Gasteiger partial charge in [-0.1, -0.05) is 81.4 Å². The second kappa shape index (κ2) is 7.01. The minimum Gasteiger partial charge on any atom is -0.465 e. The predicted molar refractivity (Wildman–Crippen MR) is 100 cm³/mol. The largest absolute Gasteiger partial charge is 0.465 e. The third-order valence-corrected chi connectivity index (χ3v) is 4.80. The summed E-state index contributed by atoms with van der Waals surface area (Å²) in [4.78, 5) is 14.9. The van der Waals surface area contributed by atoms with Gasteiger partial charge in [-0.15, -0.1) is 0 Å². The molecule has 1 aliphatic heterocycles. The van der Waals surface area contributed by atoms with Crippen molar-refractivity contribution >= 4 is 5.97 Å². The highest BCUT2D eigenvalue weighted by atomic mass is 16.5. The van der Waals surface area contributed by atoms with Crippen LogP contribution in [0.2, 0.25) is 0 Å². The Bertz CT molecular complexity index is 666. The monoisotopic (exact) mass is 337 g/mol. The highest BCUT2D eigenvalue weighted by Crippen LogP contribution is 2.50. The molecule has 25 heavy (non-hydrogen) atoms. The minimum atomic E-state index is -0.189. The highest BCUT2D eigenvalue weighted by molar-refractivity contribution is 5.81. The van der Waals surface area contributed by atoms with E-state index in [0.717, 1.165) is 0 Å². The van der Waals surface area contributed by atoms with Crippen LogP contribution in [-0.4, -0.2) is 29.6 Å². The molecule has 3 nitrogen and oxygen atoms in total. The molecule has 0 saturated carbocycles. The summed E-state index contributed by atoms with van der Waals surface area (Å²) in [6.07, 6.45) is 0. The lowest BCUT2D eigenvalue weighted by atomic mass is 9.89. The van der Waals surface area contributed by atoms with Gasteiger partial charge in [0.2, 0.25) is 0 Å². The van der Waals surface area contributed by atoms with Crippen molar-refractivity contribution in [2.24, 2.45) is 5.41 Å². The topological polar surface area (TPSA) is 29.3 Å². The first-order chi connectivity index (χ1) is 11.9. The van der Waals surface area contributed by atoms with Gasteiger partial charge >= 0.3 is 5.97 Å². The van der Waals surface area contributed by atoms with Crippen LogP contribution in [-0.2, 0) is 9.53 Å². The van der Waals surface area contributed by atoms with Crippen LogP contribution in [0.3, 0.4) is 0 Å². The quantitative estimate of drug-likeness (QED) is 0.597. The van der Waals surface area contributed by atoms with Crippen LogP contribution in [0.5, 0.6) is 0 Å². The molecule has 1 aliphatic rings. The molecule has 2 aromatic carbocycles. The molecule has 0 amide bonds. The first kappa shape index (κ1) is 17.7. The van der Waals surface area contributed by atoms with Crippen LogP contribution in [0.15, 0.2) is 60.7 Å². The number of hydrogen-bond acceptors (Lipinski definition) is 3. The Morgan fingerprint density at radius 3 is 1.88 bits per heavy atom. The van der Waals surface area contributed by atoms with E-state index >= 15 is 0 Å². The SMILES string of the molecule is CCOC(=O)[C@@H]1[C@H](C(C)(C)C)N1C(c1ccccc1)c1ccccc1. The Labute approximate surface area is 150 Å². The number of nitrogens with zero attached hydrogens (tertiary/aromatic N) is 1. The van der Waals surface area contributed by atoms with E-state index in [1.54, 1.807) is 0 Å². The van der Waals surface area contributed by atoms with E-state index in [2.05, 4.69) is 74.2 Å². The minimum absolute atomic E-state index is 0.000755. The maximum atomic E-state index is 12.6. The Kier molecular flexibility index (Phi) is 4.96. The molecule has 1 fully saturated rings. The van der Waals surface area contributed by atoms with Crippen LogP contribution in [0.1, 0.15) is 44.9 Å². The molecule has 2 aromatic rings. The molecule has 0 aliphatic carbocycles. The van der Waals surface area contributed by atoms with Crippen LogP contribution < -0.4 is 0 Å². The molecule has 0 aromatic heterocycles. The van der Waals surface area contributed by atoms with Gasteiger partial charge in [-0.2, -0.15) is 0 Å². The number of hydrogen-bond donors (Lipinski definition) is 0. The van der Waals surface area contributed by atoms with Crippen molar-refractivity contribution < 1.29 is 9.53 Å². The first-order valence-electron chi connectivity index (χ1n) is 8.99. The molecule has 0 bridgehead atoms. The summed E-state index contributed by atoms with van der Waals surface area (Å²) in [6, 6.07) is 20.9. The van der Waals surface area contributed by atoms with Crippen molar-refractivity contribution in [2.45, 2.75) is 45.8 Å². The van der Waals surface area contributed by atoms with Crippen LogP contribution >= 0.6 is 0 Å². The maximum absolute atomic E-state index is 12.6. The van der Waals surface area contributed by atoms with Gasteiger partial charge in [0, 0.05) is 6.04 Å². The van der Waals surface area contributed by atoms with Gasteiger partial charge < -0.3 is 4.74 Å². The predicted octanol–water partition coefficient (Wildman–Crippen LogP) is 4.44. The van der Waals surface area contributed by atoms with Crippen LogP contribution in [0.25, 0.3) is 0 Å². The Morgan fingerprint density at radius 1 is 1.00 bits per heavy atom. The van der Waals surface area contributed by atoms with E-state index in [-0.39, 0.29) is 29.5 Å². The van der Waals surface area contributed by atoms with E-state index in [1.807, 2.05) is 19.1 Å². The molecule has 0 spiro atoms. The van der Waals surface area contributed by atoms with Crippen molar-refractivity contribution in [3.63, 3.8) is 0 Å². The second-order valence-corrected chi connectivity index (χ2v) is 7.68. The maximum Gasteiger partial charge on any atom is 0.325 e. The second-order valence-electron chi connectivity index (χ2n) is 7.68. The van der Waals surface area contributed by atoms with Crippen molar-refractivity contribution in [3.8, 4) is 0 Å². The molecule has 0 radical (unpaired) electrons. The highest BCUT2D eigenvalue weighted by Gasteiger charge is 2.61. The summed E-state index contributed by atoms with van der Waals surface area (Å²) < 4.78 is 5.36. The van der Waals surface area contributed by atoms with Gasteiger partial charge in [-0.25, -0.2) is 0 Å². The van der Waals surface area contributed by atoms with Gasteiger partial charge in [-0.05, 0) is 23.5 Å². The van der Waals surface area contributed by atoms with Crippen LogP contribution in [0, 0.1) is 5.41 Å².